The third-order valence-electron chi connectivity index (χ3n) is 3.92. The molecule has 2 amide bonds. The van der Waals surface area contributed by atoms with E-state index in [2.05, 4.69) is 5.32 Å². The molecule has 29 heavy (non-hydrogen) atoms. The fourth-order valence-corrected chi connectivity index (χ4v) is 3.00. The van der Waals surface area contributed by atoms with Crippen molar-refractivity contribution >= 4 is 29.1 Å². The van der Waals surface area contributed by atoms with Crippen LogP contribution in [-0.2, 0) is 11.2 Å². The summed E-state index contributed by atoms with van der Waals surface area (Å²) in [6.45, 7) is -0.733. The molecule has 0 aliphatic carbocycles. The van der Waals surface area contributed by atoms with Crippen LogP contribution in [0, 0.1) is 0 Å². The first-order valence-corrected chi connectivity index (χ1v) is 8.92. The molecule has 2 N–H and O–H groups in total. The Kier molecular flexibility index (Phi) is 6.17. The Morgan fingerprint density at radius 3 is 2.59 bits per heavy atom. The molecule has 0 bridgehead atoms. The SMILES string of the molecule is O=C(Cc1cc(Cl)c2c(c1)OCCO2)Nc1ccccc1C(=O)NCC(F)(F)F. The Bertz CT molecular complexity index is 934. The summed E-state index contributed by atoms with van der Waals surface area (Å²) in [4.78, 5) is 24.5. The van der Waals surface area contributed by atoms with Gasteiger partial charge in [0.2, 0.25) is 5.91 Å². The van der Waals surface area contributed by atoms with Gasteiger partial charge in [-0.2, -0.15) is 13.2 Å². The Labute approximate surface area is 168 Å². The largest absolute Gasteiger partial charge is 0.486 e. The number of benzene rings is 2. The smallest absolute Gasteiger partial charge is 0.405 e. The summed E-state index contributed by atoms with van der Waals surface area (Å²) in [6, 6.07) is 8.98. The first kappa shape index (κ1) is 20.8. The zero-order chi connectivity index (χ0) is 21.0. The molecular formula is C19H16ClF3N2O4. The molecule has 2 aromatic rings. The van der Waals surface area contributed by atoms with Gasteiger partial charge in [0.25, 0.3) is 5.91 Å². The van der Waals surface area contributed by atoms with Crippen molar-refractivity contribution in [3.8, 4) is 11.5 Å². The van der Waals surface area contributed by atoms with E-state index in [1.165, 1.54) is 18.2 Å². The lowest BCUT2D eigenvalue weighted by atomic mass is 10.1. The molecule has 2 aromatic carbocycles. The van der Waals surface area contributed by atoms with Crippen molar-refractivity contribution in [1.82, 2.24) is 5.32 Å². The molecule has 1 aliphatic heterocycles. The number of ether oxygens (including phenoxy) is 2. The number of para-hydroxylation sites is 1. The quantitative estimate of drug-likeness (QED) is 0.763. The Hall–Kier alpha value is -2.94. The van der Waals surface area contributed by atoms with E-state index >= 15 is 0 Å². The van der Waals surface area contributed by atoms with Gasteiger partial charge in [0.05, 0.1) is 22.7 Å². The normalized spacial score (nSPS) is 13.0. The lowest BCUT2D eigenvalue weighted by molar-refractivity contribution is -0.123. The van der Waals surface area contributed by atoms with Gasteiger partial charge in [-0.15, -0.1) is 0 Å². The molecule has 0 aromatic heterocycles. The van der Waals surface area contributed by atoms with Gasteiger partial charge < -0.3 is 20.1 Å². The third-order valence-corrected chi connectivity index (χ3v) is 4.20. The summed E-state index contributed by atoms with van der Waals surface area (Å²) in [5.74, 6) is -0.582. The molecule has 0 atom stereocenters. The van der Waals surface area contributed by atoms with Gasteiger partial charge in [0, 0.05) is 0 Å². The summed E-state index contributed by atoms with van der Waals surface area (Å²) >= 11 is 6.15. The van der Waals surface area contributed by atoms with E-state index in [4.69, 9.17) is 21.1 Å². The molecular weight excluding hydrogens is 413 g/mol. The Morgan fingerprint density at radius 1 is 1.10 bits per heavy atom. The monoisotopic (exact) mass is 428 g/mol. The van der Waals surface area contributed by atoms with Crippen LogP contribution in [0.4, 0.5) is 18.9 Å². The molecule has 0 spiro atoms. The first-order valence-electron chi connectivity index (χ1n) is 8.55. The number of carbonyl (C=O) groups is 2. The summed E-state index contributed by atoms with van der Waals surface area (Å²) in [6.07, 6.45) is -4.62. The molecule has 6 nitrogen and oxygen atoms in total. The minimum atomic E-state index is -4.54. The van der Waals surface area contributed by atoms with E-state index in [1.54, 1.807) is 23.5 Å². The van der Waals surface area contributed by atoms with Crippen LogP contribution < -0.4 is 20.1 Å². The maximum atomic E-state index is 12.4. The molecule has 0 saturated carbocycles. The third kappa shape index (κ3) is 5.54. The topological polar surface area (TPSA) is 76.7 Å². The molecule has 0 radical (unpaired) electrons. The van der Waals surface area contributed by atoms with Crippen LogP contribution in [0.25, 0.3) is 0 Å². The van der Waals surface area contributed by atoms with Crippen molar-refractivity contribution in [1.29, 1.82) is 0 Å². The molecule has 1 heterocycles. The Morgan fingerprint density at radius 2 is 1.83 bits per heavy atom. The van der Waals surface area contributed by atoms with Gasteiger partial charge in [0.15, 0.2) is 11.5 Å². The molecule has 154 valence electrons. The van der Waals surface area contributed by atoms with Gasteiger partial charge in [-0.1, -0.05) is 23.7 Å². The average molecular weight is 429 g/mol. The van der Waals surface area contributed by atoms with Crippen LogP contribution in [0.5, 0.6) is 11.5 Å². The van der Waals surface area contributed by atoms with Gasteiger partial charge in [-0.25, -0.2) is 0 Å². The summed E-state index contributed by atoms with van der Waals surface area (Å²) in [7, 11) is 0. The second-order valence-corrected chi connectivity index (χ2v) is 6.58. The number of anilines is 1. The second kappa shape index (κ2) is 8.60. The zero-order valence-corrected chi connectivity index (χ0v) is 15.7. The predicted octanol–water partition coefficient (Wildman–Crippen LogP) is 3.58. The minimum absolute atomic E-state index is 0.0784. The van der Waals surface area contributed by atoms with E-state index < -0.39 is 24.5 Å². The number of halogens is 4. The predicted molar refractivity (Wildman–Crippen MR) is 99.6 cm³/mol. The molecule has 3 rings (SSSR count). The van der Waals surface area contributed by atoms with E-state index in [0.29, 0.717) is 35.3 Å². The Balaban J connectivity index is 1.70. The van der Waals surface area contributed by atoms with Crippen molar-refractivity contribution in [2.24, 2.45) is 0 Å². The maximum Gasteiger partial charge on any atom is 0.405 e. The molecule has 1 aliphatic rings. The molecule has 0 unspecified atom stereocenters. The number of amides is 2. The molecule has 0 saturated heterocycles. The average Bonchev–Trinajstić information content (AvgIpc) is 2.66. The molecule has 0 fully saturated rings. The summed E-state index contributed by atoms with van der Waals surface area (Å²) in [5.41, 5.74) is 0.571. The van der Waals surface area contributed by atoms with Gasteiger partial charge in [-0.3, -0.25) is 9.59 Å². The lowest BCUT2D eigenvalue weighted by Gasteiger charge is -2.20. The minimum Gasteiger partial charge on any atom is -0.486 e. The maximum absolute atomic E-state index is 12.4. The number of rotatable bonds is 5. The fraction of sp³-hybridized carbons (Fsp3) is 0.263. The van der Waals surface area contributed by atoms with Gasteiger partial charge >= 0.3 is 6.18 Å². The van der Waals surface area contributed by atoms with Crippen LogP contribution in [0.1, 0.15) is 15.9 Å². The number of alkyl halides is 3. The first-order chi connectivity index (χ1) is 13.7. The van der Waals surface area contributed by atoms with Crippen LogP contribution in [0.3, 0.4) is 0 Å². The van der Waals surface area contributed by atoms with Crippen LogP contribution in [-0.4, -0.2) is 37.7 Å². The lowest BCUT2D eigenvalue weighted by Crippen LogP contribution is -2.34. The second-order valence-electron chi connectivity index (χ2n) is 6.17. The number of fused-ring (bicyclic) bond motifs is 1. The van der Waals surface area contributed by atoms with Crippen LogP contribution in [0.2, 0.25) is 5.02 Å². The van der Waals surface area contributed by atoms with Crippen molar-refractivity contribution in [2.45, 2.75) is 12.6 Å². The van der Waals surface area contributed by atoms with Gasteiger partial charge in [-0.05, 0) is 29.8 Å². The number of nitrogens with one attached hydrogen (secondary N) is 2. The summed E-state index contributed by atoms with van der Waals surface area (Å²) in [5, 5.41) is 4.62. The highest BCUT2D eigenvalue weighted by atomic mass is 35.5. The van der Waals surface area contributed by atoms with Crippen molar-refractivity contribution in [3.05, 3.63) is 52.5 Å². The van der Waals surface area contributed by atoms with E-state index in [9.17, 15) is 22.8 Å². The fourth-order valence-electron chi connectivity index (χ4n) is 2.71. The van der Waals surface area contributed by atoms with Crippen molar-refractivity contribution in [2.75, 3.05) is 25.1 Å². The highest BCUT2D eigenvalue weighted by Crippen LogP contribution is 2.38. The summed E-state index contributed by atoms with van der Waals surface area (Å²) < 4.78 is 47.8. The highest BCUT2D eigenvalue weighted by Gasteiger charge is 2.28. The van der Waals surface area contributed by atoms with Crippen LogP contribution >= 0.6 is 11.6 Å². The van der Waals surface area contributed by atoms with E-state index in [-0.39, 0.29) is 17.7 Å². The van der Waals surface area contributed by atoms with Crippen LogP contribution in [0.15, 0.2) is 36.4 Å². The van der Waals surface area contributed by atoms with Crippen molar-refractivity contribution in [3.63, 3.8) is 0 Å². The number of hydrogen-bond donors (Lipinski definition) is 2. The molecule has 10 heteroatoms. The van der Waals surface area contributed by atoms with Gasteiger partial charge in [0.1, 0.15) is 19.8 Å². The number of hydrogen-bond acceptors (Lipinski definition) is 4. The van der Waals surface area contributed by atoms with E-state index in [0.717, 1.165) is 0 Å². The highest BCUT2D eigenvalue weighted by molar-refractivity contribution is 6.32. The number of carbonyl (C=O) groups excluding carboxylic acids is 2. The van der Waals surface area contributed by atoms with Crippen molar-refractivity contribution < 1.29 is 32.2 Å². The van der Waals surface area contributed by atoms with E-state index in [1.807, 2.05) is 0 Å². The standard InChI is InChI=1S/C19H16ClF3N2O4/c20-13-7-11(8-15-17(13)29-6-5-28-15)9-16(26)25-14-4-2-1-3-12(14)18(27)24-10-19(21,22)23/h1-4,7-8H,5-6,9-10H2,(H,24,27)(H,25,26). The zero-order valence-electron chi connectivity index (χ0n) is 14.9.